The van der Waals surface area contributed by atoms with E-state index in [1.165, 1.54) is 23.1 Å². The maximum absolute atomic E-state index is 14.5. The van der Waals surface area contributed by atoms with Crippen LogP contribution in [0.1, 0.15) is 31.4 Å². The van der Waals surface area contributed by atoms with Crippen molar-refractivity contribution in [2.45, 2.75) is 50.2 Å². The van der Waals surface area contributed by atoms with Crippen LogP contribution >= 0.6 is 23.2 Å². The van der Waals surface area contributed by atoms with Gasteiger partial charge in [0.25, 0.3) is 10.0 Å². The maximum Gasteiger partial charge on any atom is 0.264 e. The molecule has 230 valence electrons. The molecule has 4 aromatic carbocycles. The molecule has 0 heterocycles. The third-order valence-electron chi connectivity index (χ3n) is 7.28. The van der Waals surface area contributed by atoms with E-state index in [2.05, 4.69) is 5.32 Å². The zero-order valence-electron chi connectivity index (χ0n) is 24.6. The molecule has 0 bridgehead atoms. The first-order chi connectivity index (χ1) is 21.1. The Morgan fingerprint density at radius 3 is 2.11 bits per heavy atom. The molecule has 0 saturated heterocycles. The van der Waals surface area contributed by atoms with Gasteiger partial charge in [0, 0.05) is 29.1 Å². The van der Waals surface area contributed by atoms with Gasteiger partial charge in [-0.2, -0.15) is 0 Å². The predicted octanol–water partition coefficient (Wildman–Crippen LogP) is 6.74. The average molecular weight is 653 g/mol. The van der Waals surface area contributed by atoms with Crippen LogP contribution in [-0.4, -0.2) is 43.8 Å². The number of hydrogen-bond donors (Lipinski definition) is 1. The lowest BCUT2D eigenvalue weighted by Crippen LogP contribution is -2.54. The van der Waals surface area contributed by atoms with Crippen LogP contribution in [0.4, 0.5) is 5.69 Å². The Morgan fingerprint density at radius 2 is 1.48 bits per heavy atom. The summed E-state index contributed by atoms with van der Waals surface area (Å²) in [4.78, 5) is 29.8. The molecular weight excluding hydrogens is 617 g/mol. The lowest BCUT2D eigenvalue weighted by molar-refractivity contribution is -0.140. The molecule has 0 radical (unpaired) electrons. The Labute approximate surface area is 269 Å². The summed E-state index contributed by atoms with van der Waals surface area (Å²) in [6, 6.07) is 29.6. The molecule has 2 atom stereocenters. The number of amides is 2. The van der Waals surface area contributed by atoms with Crippen LogP contribution in [0.5, 0.6) is 0 Å². The zero-order chi connectivity index (χ0) is 31.7. The monoisotopic (exact) mass is 651 g/mol. The molecular formula is C34H35Cl2N3O4S. The van der Waals surface area contributed by atoms with Gasteiger partial charge in [0.1, 0.15) is 12.6 Å². The van der Waals surface area contributed by atoms with Gasteiger partial charge < -0.3 is 10.2 Å². The first kappa shape index (κ1) is 33.1. The van der Waals surface area contributed by atoms with Crippen LogP contribution in [0, 0.1) is 0 Å². The fraction of sp³-hybridized carbons (Fsp3) is 0.235. The smallest absolute Gasteiger partial charge is 0.264 e. The van der Waals surface area contributed by atoms with Gasteiger partial charge in [0.15, 0.2) is 0 Å². The summed E-state index contributed by atoms with van der Waals surface area (Å²) in [6.45, 7) is 3.26. The molecule has 0 aliphatic heterocycles. The minimum atomic E-state index is -4.21. The van der Waals surface area contributed by atoms with E-state index >= 15 is 0 Å². The van der Waals surface area contributed by atoms with E-state index in [-0.39, 0.29) is 35.5 Å². The van der Waals surface area contributed by atoms with Gasteiger partial charge in [-0.25, -0.2) is 8.42 Å². The van der Waals surface area contributed by atoms with Crippen molar-refractivity contribution in [3.8, 4) is 0 Å². The highest BCUT2D eigenvalue weighted by Gasteiger charge is 2.35. The number of anilines is 1. The van der Waals surface area contributed by atoms with Crippen molar-refractivity contribution >= 4 is 50.7 Å². The lowest BCUT2D eigenvalue weighted by atomic mass is 10.0. The van der Waals surface area contributed by atoms with E-state index in [0.29, 0.717) is 22.0 Å². The van der Waals surface area contributed by atoms with E-state index in [9.17, 15) is 18.0 Å². The fourth-order valence-corrected chi connectivity index (χ4v) is 6.49. The van der Waals surface area contributed by atoms with Gasteiger partial charge in [-0.15, -0.1) is 0 Å². The molecule has 2 amide bonds. The molecule has 4 rings (SSSR count). The average Bonchev–Trinajstić information content (AvgIpc) is 3.03. The van der Waals surface area contributed by atoms with Gasteiger partial charge >= 0.3 is 0 Å². The summed E-state index contributed by atoms with van der Waals surface area (Å²) in [5, 5.41) is 3.76. The Morgan fingerprint density at radius 1 is 0.841 bits per heavy atom. The van der Waals surface area contributed by atoms with Crippen LogP contribution in [0.2, 0.25) is 10.0 Å². The van der Waals surface area contributed by atoms with Crippen molar-refractivity contribution in [1.82, 2.24) is 10.2 Å². The Bertz CT molecular complexity index is 1670. The van der Waals surface area contributed by atoms with Crippen molar-refractivity contribution in [3.05, 3.63) is 130 Å². The molecule has 0 aliphatic carbocycles. The number of carbonyl (C=O) groups excluding carboxylic acids is 2. The number of rotatable bonds is 13. The Hall–Kier alpha value is -3.85. The third kappa shape index (κ3) is 8.40. The molecule has 44 heavy (non-hydrogen) atoms. The standard InChI is InChI=1S/C34H35Cl2N3O4S/c1-3-25(2)37-34(41)32(21-26-13-6-4-7-14-26)38(23-27-15-10-11-20-31(27)36)33(40)24-39(29-17-12-16-28(35)22-29)44(42,43)30-18-8-5-9-19-30/h4-20,22,25,32H,3,21,23-24H2,1-2H3,(H,37,41). The van der Waals surface area contributed by atoms with Crippen molar-refractivity contribution < 1.29 is 18.0 Å². The van der Waals surface area contributed by atoms with Crippen LogP contribution in [0.15, 0.2) is 114 Å². The molecule has 0 aliphatic rings. The number of carbonyl (C=O) groups is 2. The number of nitrogens with one attached hydrogen (secondary N) is 1. The quantitative estimate of drug-likeness (QED) is 0.173. The van der Waals surface area contributed by atoms with Crippen LogP contribution in [0.3, 0.4) is 0 Å². The SMILES string of the molecule is CCC(C)NC(=O)C(Cc1ccccc1)N(Cc1ccccc1Cl)C(=O)CN(c1cccc(Cl)c1)S(=O)(=O)c1ccccc1. The normalized spacial score (nSPS) is 12.6. The molecule has 0 saturated carbocycles. The van der Waals surface area contributed by atoms with Gasteiger partial charge in [0.2, 0.25) is 11.8 Å². The van der Waals surface area contributed by atoms with E-state index in [4.69, 9.17) is 23.2 Å². The van der Waals surface area contributed by atoms with Gasteiger partial charge in [-0.05, 0) is 60.9 Å². The largest absolute Gasteiger partial charge is 0.352 e. The predicted molar refractivity (Wildman–Crippen MR) is 176 cm³/mol. The summed E-state index contributed by atoms with van der Waals surface area (Å²) in [6.07, 6.45) is 0.905. The summed E-state index contributed by atoms with van der Waals surface area (Å²) in [5.41, 5.74) is 1.69. The second-order valence-corrected chi connectivity index (χ2v) is 13.1. The number of nitrogens with zero attached hydrogens (tertiary/aromatic N) is 2. The number of benzene rings is 4. The van der Waals surface area contributed by atoms with Gasteiger partial charge in [-0.1, -0.05) is 103 Å². The first-order valence-electron chi connectivity index (χ1n) is 14.3. The first-order valence-corrected chi connectivity index (χ1v) is 16.5. The van der Waals surface area contributed by atoms with Gasteiger partial charge in [-0.3, -0.25) is 13.9 Å². The fourth-order valence-electron chi connectivity index (χ4n) is 4.68. The third-order valence-corrected chi connectivity index (χ3v) is 9.67. The molecule has 0 aromatic heterocycles. The van der Waals surface area contributed by atoms with Crippen molar-refractivity contribution in [1.29, 1.82) is 0 Å². The van der Waals surface area contributed by atoms with Crippen molar-refractivity contribution in [3.63, 3.8) is 0 Å². The second kappa shape index (κ2) is 15.2. The number of hydrogen-bond acceptors (Lipinski definition) is 4. The highest BCUT2D eigenvalue weighted by atomic mass is 35.5. The Balaban J connectivity index is 1.81. The molecule has 0 spiro atoms. The minimum absolute atomic E-state index is 0.0146. The summed E-state index contributed by atoms with van der Waals surface area (Å²) >= 11 is 12.8. The lowest BCUT2D eigenvalue weighted by Gasteiger charge is -2.34. The van der Waals surface area contributed by atoms with E-state index in [1.54, 1.807) is 60.7 Å². The second-order valence-electron chi connectivity index (χ2n) is 10.4. The van der Waals surface area contributed by atoms with Crippen LogP contribution < -0.4 is 9.62 Å². The van der Waals surface area contributed by atoms with Crippen LogP contribution in [0.25, 0.3) is 0 Å². The highest BCUT2D eigenvalue weighted by molar-refractivity contribution is 7.92. The molecule has 4 aromatic rings. The number of sulfonamides is 1. The van der Waals surface area contributed by atoms with Gasteiger partial charge in [0.05, 0.1) is 10.6 Å². The van der Waals surface area contributed by atoms with Crippen molar-refractivity contribution in [2.75, 3.05) is 10.8 Å². The topological polar surface area (TPSA) is 86.8 Å². The van der Waals surface area contributed by atoms with Crippen molar-refractivity contribution in [2.24, 2.45) is 0 Å². The summed E-state index contributed by atoms with van der Waals surface area (Å²) in [7, 11) is -4.21. The van der Waals surface area contributed by atoms with E-state index in [0.717, 1.165) is 9.87 Å². The Kier molecular flexibility index (Phi) is 11.4. The molecule has 7 nitrogen and oxygen atoms in total. The highest BCUT2D eigenvalue weighted by Crippen LogP contribution is 2.28. The molecule has 10 heteroatoms. The molecule has 0 fully saturated rings. The summed E-state index contributed by atoms with van der Waals surface area (Å²) < 4.78 is 29.0. The number of halogens is 2. The van der Waals surface area contributed by atoms with E-state index in [1.807, 2.05) is 44.2 Å². The zero-order valence-corrected chi connectivity index (χ0v) is 26.9. The van der Waals surface area contributed by atoms with E-state index < -0.39 is 28.5 Å². The summed E-state index contributed by atoms with van der Waals surface area (Å²) in [5.74, 6) is -0.923. The maximum atomic E-state index is 14.5. The minimum Gasteiger partial charge on any atom is -0.352 e. The molecule has 2 unspecified atom stereocenters. The van der Waals surface area contributed by atoms with Crippen LogP contribution in [-0.2, 0) is 32.6 Å². The molecule has 1 N–H and O–H groups in total.